The lowest BCUT2D eigenvalue weighted by Gasteiger charge is -2.09. The number of aromatic amines is 1. The molecule has 3 aromatic rings. The fraction of sp³-hybridized carbons (Fsp3) is 0.158. The smallest absolute Gasteiger partial charge is 0.248 e. The first-order valence-electron chi connectivity index (χ1n) is 8.44. The van der Waals surface area contributed by atoms with Gasteiger partial charge in [-0.1, -0.05) is 0 Å². The normalized spacial score (nSPS) is 11.3. The largest absolute Gasteiger partial charge is 0.497 e. The zero-order chi connectivity index (χ0) is 20.1. The van der Waals surface area contributed by atoms with Gasteiger partial charge in [0.05, 0.1) is 12.0 Å². The molecule has 3 rings (SSSR count). The van der Waals surface area contributed by atoms with E-state index in [1.807, 2.05) is 0 Å². The molecule has 0 fully saturated rings. The van der Waals surface area contributed by atoms with Gasteiger partial charge in [-0.05, 0) is 53.9 Å². The summed E-state index contributed by atoms with van der Waals surface area (Å²) in [7, 11) is -2.23. The van der Waals surface area contributed by atoms with Crippen molar-refractivity contribution < 1.29 is 17.9 Å². The molecule has 0 saturated carbocycles. The highest BCUT2D eigenvalue weighted by Gasteiger charge is 2.15. The van der Waals surface area contributed by atoms with Crippen molar-refractivity contribution in [3.63, 3.8) is 0 Å². The van der Waals surface area contributed by atoms with E-state index >= 15 is 0 Å². The number of fused-ring (bicyclic) bond motifs is 1. The van der Waals surface area contributed by atoms with Crippen LogP contribution in [0.5, 0.6) is 5.75 Å². The van der Waals surface area contributed by atoms with Crippen molar-refractivity contribution in [1.29, 1.82) is 0 Å². The standard InChI is InChI=1S/C19H19N3O5S/c1-27-15-5-3-14(4-6-15)21-19(24)10-11-20-28(25,26)16-7-8-17-13(12-16)2-9-18(23)22-17/h2-9,12,20H,10-11H2,1H3,(H,21,24)(H,22,23). The molecule has 0 aliphatic heterocycles. The highest BCUT2D eigenvalue weighted by Crippen LogP contribution is 2.17. The molecular weight excluding hydrogens is 382 g/mol. The van der Waals surface area contributed by atoms with Crippen molar-refractivity contribution >= 4 is 32.5 Å². The average molecular weight is 401 g/mol. The van der Waals surface area contributed by atoms with Gasteiger partial charge in [-0.15, -0.1) is 0 Å². The molecule has 146 valence electrons. The minimum Gasteiger partial charge on any atom is -0.497 e. The monoisotopic (exact) mass is 401 g/mol. The number of H-pyrrole nitrogens is 1. The van der Waals surface area contributed by atoms with Gasteiger partial charge in [0, 0.05) is 30.2 Å². The Morgan fingerprint density at radius 2 is 1.82 bits per heavy atom. The van der Waals surface area contributed by atoms with Gasteiger partial charge in [0.25, 0.3) is 0 Å². The van der Waals surface area contributed by atoms with Gasteiger partial charge < -0.3 is 15.0 Å². The van der Waals surface area contributed by atoms with Gasteiger partial charge in [-0.2, -0.15) is 0 Å². The van der Waals surface area contributed by atoms with E-state index in [-0.39, 0.29) is 29.3 Å². The van der Waals surface area contributed by atoms with E-state index in [4.69, 9.17) is 4.74 Å². The second kappa shape index (κ2) is 8.24. The van der Waals surface area contributed by atoms with E-state index in [0.29, 0.717) is 22.3 Å². The fourth-order valence-electron chi connectivity index (χ4n) is 2.58. The van der Waals surface area contributed by atoms with Crippen molar-refractivity contribution in [2.45, 2.75) is 11.3 Å². The predicted octanol–water partition coefficient (Wildman–Crippen LogP) is 1.84. The van der Waals surface area contributed by atoms with E-state index in [1.54, 1.807) is 37.4 Å². The Labute approximate surface area is 161 Å². The summed E-state index contributed by atoms with van der Waals surface area (Å²) in [6.45, 7) is -0.0476. The molecule has 1 aromatic heterocycles. The first-order valence-corrected chi connectivity index (χ1v) is 9.92. The number of benzene rings is 2. The maximum atomic E-state index is 12.4. The van der Waals surface area contributed by atoms with Gasteiger partial charge in [0.15, 0.2) is 0 Å². The quantitative estimate of drug-likeness (QED) is 0.558. The first-order chi connectivity index (χ1) is 13.4. The van der Waals surface area contributed by atoms with Gasteiger partial charge in [0.2, 0.25) is 21.5 Å². The number of nitrogens with one attached hydrogen (secondary N) is 3. The zero-order valence-corrected chi connectivity index (χ0v) is 15.9. The Balaban J connectivity index is 1.59. The molecule has 0 aliphatic carbocycles. The number of hydrogen-bond donors (Lipinski definition) is 3. The van der Waals surface area contributed by atoms with Crippen LogP contribution in [0.4, 0.5) is 5.69 Å². The van der Waals surface area contributed by atoms with Crippen molar-refractivity contribution in [2.75, 3.05) is 19.0 Å². The number of aromatic nitrogens is 1. The average Bonchev–Trinajstić information content (AvgIpc) is 2.68. The predicted molar refractivity (Wildman–Crippen MR) is 106 cm³/mol. The second-order valence-corrected chi connectivity index (χ2v) is 7.76. The summed E-state index contributed by atoms with van der Waals surface area (Å²) in [4.78, 5) is 26.0. The summed E-state index contributed by atoms with van der Waals surface area (Å²) >= 11 is 0. The molecule has 1 amide bonds. The third-order valence-corrected chi connectivity index (χ3v) is 5.48. The van der Waals surface area contributed by atoms with Gasteiger partial charge in [0.1, 0.15) is 5.75 Å². The summed E-state index contributed by atoms with van der Waals surface area (Å²) in [6.07, 6.45) is -0.0217. The summed E-state index contributed by atoms with van der Waals surface area (Å²) in [6, 6.07) is 14.1. The van der Waals surface area contributed by atoms with Crippen LogP contribution in [0.3, 0.4) is 0 Å². The van der Waals surface area contributed by atoms with E-state index in [0.717, 1.165) is 0 Å². The van der Waals surface area contributed by atoms with E-state index in [1.165, 1.54) is 24.3 Å². The summed E-state index contributed by atoms with van der Waals surface area (Å²) in [5.74, 6) is 0.356. The Morgan fingerprint density at radius 1 is 1.07 bits per heavy atom. The number of pyridine rings is 1. The number of carbonyl (C=O) groups is 1. The third-order valence-electron chi connectivity index (χ3n) is 4.02. The van der Waals surface area contributed by atoms with Gasteiger partial charge in [-0.25, -0.2) is 13.1 Å². The molecule has 3 N–H and O–H groups in total. The molecule has 0 aliphatic rings. The highest BCUT2D eigenvalue weighted by molar-refractivity contribution is 7.89. The molecule has 0 saturated heterocycles. The topological polar surface area (TPSA) is 117 Å². The van der Waals surface area contributed by atoms with E-state index in [2.05, 4.69) is 15.0 Å². The SMILES string of the molecule is COc1ccc(NC(=O)CCNS(=O)(=O)c2ccc3[nH]c(=O)ccc3c2)cc1. The molecule has 0 unspecified atom stereocenters. The lowest BCUT2D eigenvalue weighted by molar-refractivity contribution is -0.116. The van der Waals surface area contributed by atoms with Crippen LogP contribution in [0, 0.1) is 0 Å². The van der Waals surface area contributed by atoms with Crippen LogP contribution in [0.2, 0.25) is 0 Å². The minimum absolute atomic E-state index is 0.0217. The van der Waals surface area contributed by atoms with Crippen LogP contribution in [-0.4, -0.2) is 33.0 Å². The maximum absolute atomic E-state index is 12.4. The molecule has 0 bridgehead atoms. The Morgan fingerprint density at radius 3 is 2.54 bits per heavy atom. The molecule has 0 atom stereocenters. The molecule has 8 nitrogen and oxygen atoms in total. The fourth-order valence-corrected chi connectivity index (χ4v) is 3.65. The number of carbonyl (C=O) groups excluding carboxylic acids is 1. The highest BCUT2D eigenvalue weighted by atomic mass is 32.2. The van der Waals surface area contributed by atoms with Gasteiger partial charge in [-0.3, -0.25) is 9.59 Å². The lowest BCUT2D eigenvalue weighted by atomic mass is 10.2. The molecule has 2 aromatic carbocycles. The molecule has 0 spiro atoms. The molecule has 1 heterocycles. The Bertz CT molecular complexity index is 1150. The van der Waals surface area contributed by atoms with Crippen LogP contribution >= 0.6 is 0 Å². The number of sulfonamides is 1. The number of amides is 1. The summed E-state index contributed by atoms with van der Waals surface area (Å²) < 4.78 is 32.3. The van der Waals surface area contributed by atoms with Gasteiger partial charge >= 0.3 is 0 Å². The molecular formula is C19H19N3O5S. The summed E-state index contributed by atoms with van der Waals surface area (Å²) in [5.41, 5.74) is 0.881. The lowest BCUT2D eigenvalue weighted by Crippen LogP contribution is -2.27. The van der Waals surface area contributed by atoms with Crippen molar-refractivity contribution in [2.24, 2.45) is 0 Å². The number of hydrogen-bond acceptors (Lipinski definition) is 5. The number of rotatable bonds is 7. The van der Waals surface area contributed by atoms with Crippen molar-refractivity contribution in [3.05, 3.63) is 65.0 Å². The number of anilines is 1. The first kappa shape index (κ1) is 19.6. The number of methoxy groups -OCH3 is 1. The Kier molecular flexibility index (Phi) is 5.76. The summed E-state index contributed by atoms with van der Waals surface area (Å²) in [5, 5.41) is 3.28. The second-order valence-electron chi connectivity index (χ2n) is 6.00. The van der Waals surface area contributed by atoms with Crippen LogP contribution in [0.15, 0.2) is 64.3 Å². The molecule has 0 radical (unpaired) electrons. The Hall–Kier alpha value is -3.17. The minimum atomic E-state index is -3.78. The van der Waals surface area contributed by atoms with E-state index in [9.17, 15) is 18.0 Å². The van der Waals surface area contributed by atoms with Crippen LogP contribution in [0.1, 0.15) is 6.42 Å². The molecule has 28 heavy (non-hydrogen) atoms. The maximum Gasteiger partial charge on any atom is 0.248 e. The van der Waals surface area contributed by atoms with Crippen LogP contribution < -0.4 is 20.3 Å². The third kappa shape index (κ3) is 4.76. The van der Waals surface area contributed by atoms with Crippen LogP contribution in [-0.2, 0) is 14.8 Å². The zero-order valence-electron chi connectivity index (χ0n) is 15.1. The van der Waals surface area contributed by atoms with Crippen molar-refractivity contribution in [3.8, 4) is 5.75 Å². The molecule has 9 heteroatoms. The van der Waals surface area contributed by atoms with Crippen molar-refractivity contribution in [1.82, 2.24) is 9.71 Å². The number of ether oxygens (including phenoxy) is 1. The van der Waals surface area contributed by atoms with Crippen LogP contribution in [0.25, 0.3) is 10.9 Å². The van der Waals surface area contributed by atoms with E-state index < -0.39 is 10.0 Å².